The highest BCUT2D eigenvalue weighted by atomic mass is 79.9. The van der Waals surface area contributed by atoms with E-state index >= 15 is 0 Å². The molecule has 0 aliphatic heterocycles. The number of nitrogens with zero attached hydrogens (tertiary/aromatic N) is 2. The van der Waals surface area contributed by atoms with Crippen LogP contribution in [0, 0.1) is 4.77 Å². The van der Waals surface area contributed by atoms with E-state index in [0.717, 1.165) is 10.0 Å². The number of H-pyrrole nitrogens is 2. The Morgan fingerprint density at radius 1 is 1.44 bits per heavy atom. The number of rotatable bonds is 3. The molecule has 0 atom stereocenters. The largest absolute Gasteiger partial charge is 0.272 e. The molecule has 0 fully saturated rings. The fourth-order valence-electron chi connectivity index (χ4n) is 1.08. The van der Waals surface area contributed by atoms with E-state index in [-0.39, 0.29) is 0 Å². The first-order valence-electron chi connectivity index (χ1n) is 4.43. The maximum Gasteiger partial charge on any atom is 0.238 e. The molecule has 3 N–H and O–H groups in total. The van der Waals surface area contributed by atoms with Crippen molar-refractivity contribution in [2.45, 2.75) is 0 Å². The van der Waals surface area contributed by atoms with E-state index in [1.165, 1.54) is 0 Å². The molecule has 0 saturated carbocycles. The maximum absolute atomic E-state index is 4.80. The molecule has 2 aromatic rings. The summed E-state index contributed by atoms with van der Waals surface area (Å²) < 4.78 is 1.40. The highest BCUT2D eigenvalue weighted by molar-refractivity contribution is 9.10. The van der Waals surface area contributed by atoms with Crippen LogP contribution >= 0.6 is 28.1 Å². The van der Waals surface area contributed by atoms with Gasteiger partial charge in [-0.1, -0.05) is 28.1 Å². The lowest BCUT2D eigenvalue weighted by molar-refractivity contribution is 1.07. The second-order valence-electron chi connectivity index (χ2n) is 2.94. The van der Waals surface area contributed by atoms with E-state index < -0.39 is 0 Å². The number of benzene rings is 1. The van der Waals surface area contributed by atoms with Gasteiger partial charge < -0.3 is 0 Å². The Kier molecular flexibility index (Phi) is 3.47. The number of anilines is 1. The van der Waals surface area contributed by atoms with Crippen LogP contribution in [0.4, 0.5) is 5.95 Å². The fourth-order valence-corrected chi connectivity index (χ4v) is 1.64. The lowest BCUT2D eigenvalue weighted by atomic mass is 10.2. The zero-order valence-electron chi connectivity index (χ0n) is 8.07. The molecular formula is C9H8BrN5S. The summed E-state index contributed by atoms with van der Waals surface area (Å²) >= 11 is 8.18. The van der Waals surface area contributed by atoms with Gasteiger partial charge in [-0.05, 0) is 29.9 Å². The first kappa shape index (κ1) is 11.0. The summed E-state index contributed by atoms with van der Waals surface area (Å²) in [6.07, 6.45) is 1.69. The number of aromatic amines is 2. The van der Waals surface area contributed by atoms with Gasteiger partial charge in [0.25, 0.3) is 0 Å². The van der Waals surface area contributed by atoms with Crippen LogP contribution in [0.1, 0.15) is 5.56 Å². The SMILES string of the molecule is S=c1nc(N/N=C\c2cccc(Br)c2)[nH][nH]1. The van der Waals surface area contributed by atoms with Gasteiger partial charge in [-0.3, -0.25) is 10.2 Å². The minimum Gasteiger partial charge on any atom is -0.272 e. The van der Waals surface area contributed by atoms with Crippen LogP contribution in [0.15, 0.2) is 33.8 Å². The molecule has 7 heteroatoms. The molecule has 82 valence electrons. The molecule has 0 radical (unpaired) electrons. The summed E-state index contributed by atoms with van der Waals surface area (Å²) in [6.45, 7) is 0. The van der Waals surface area contributed by atoms with Crippen molar-refractivity contribution >= 4 is 40.3 Å². The lowest BCUT2D eigenvalue weighted by Gasteiger charge is -1.94. The molecule has 0 spiro atoms. The van der Waals surface area contributed by atoms with Gasteiger partial charge in [0.05, 0.1) is 6.21 Å². The molecule has 1 aromatic carbocycles. The third-order valence-electron chi connectivity index (χ3n) is 1.73. The molecule has 0 bridgehead atoms. The highest BCUT2D eigenvalue weighted by Gasteiger charge is 1.92. The average molecular weight is 298 g/mol. The molecule has 0 saturated heterocycles. The van der Waals surface area contributed by atoms with Crippen LogP contribution in [0.2, 0.25) is 0 Å². The number of hydrogen-bond acceptors (Lipinski definition) is 4. The molecule has 0 amide bonds. The molecule has 1 aromatic heterocycles. The predicted octanol–water partition coefficient (Wildman–Crippen LogP) is 2.68. The number of hydrogen-bond donors (Lipinski definition) is 3. The Labute approximate surface area is 105 Å². The van der Waals surface area contributed by atoms with Crippen molar-refractivity contribution in [2.24, 2.45) is 5.10 Å². The first-order chi connectivity index (χ1) is 7.74. The van der Waals surface area contributed by atoms with Crippen molar-refractivity contribution < 1.29 is 0 Å². The van der Waals surface area contributed by atoms with E-state index in [1.54, 1.807) is 6.21 Å². The molecule has 5 nitrogen and oxygen atoms in total. The van der Waals surface area contributed by atoms with Crippen molar-refractivity contribution in [2.75, 3.05) is 5.43 Å². The van der Waals surface area contributed by atoms with Crippen molar-refractivity contribution in [1.82, 2.24) is 15.2 Å². The van der Waals surface area contributed by atoms with E-state index in [1.807, 2.05) is 24.3 Å². The van der Waals surface area contributed by atoms with Crippen molar-refractivity contribution in [3.63, 3.8) is 0 Å². The van der Waals surface area contributed by atoms with Crippen LogP contribution in [0.25, 0.3) is 0 Å². The lowest BCUT2D eigenvalue weighted by Crippen LogP contribution is -1.92. The second kappa shape index (κ2) is 5.04. The third kappa shape index (κ3) is 3.01. The van der Waals surface area contributed by atoms with E-state index in [0.29, 0.717) is 10.7 Å². The zero-order chi connectivity index (χ0) is 11.4. The minimum absolute atomic E-state index is 0.389. The second-order valence-corrected chi connectivity index (χ2v) is 4.24. The standard InChI is InChI=1S/C9H8BrN5S/c10-7-3-1-2-6(4-7)5-11-13-8-12-9(16)15-14-8/h1-5H,(H3,12,13,14,15,16)/b11-5-. The maximum atomic E-state index is 4.80. The fraction of sp³-hybridized carbons (Fsp3) is 0. The van der Waals surface area contributed by atoms with Crippen molar-refractivity contribution in [1.29, 1.82) is 0 Å². The van der Waals surface area contributed by atoms with Gasteiger partial charge >= 0.3 is 0 Å². The Balaban J connectivity index is 2.02. The first-order valence-corrected chi connectivity index (χ1v) is 5.63. The number of aromatic nitrogens is 3. The topological polar surface area (TPSA) is 68.9 Å². The summed E-state index contributed by atoms with van der Waals surface area (Å²) in [7, 11) is 0. The molecule has 1 heterocycles. The zero-order valence-corrected chi connectivity index (χ0v) is 10.5. The van der Waals surface area contributed by atoms with E-state index in [2.05, 4.69) is 41.6 Å². The summed E-state index contributed by atoms with van der Waals surface area (Å²) in [4.78, 5) is 3.93. The smallest absolute Gasteiger partial charge is 0.238 e. The summed E-state index contributed by atoms with van der Waals surface area (Å²) in [5.41, 5.74) is 3.71. The normalized spacial score (nSPS) is 10.8. The van der Waals surface area contributed by atoms with Gasteiger partial charge in [0.2, 0.25) is 10.7 Å². The highest BCUT2D eigenvalue weighted by Crippen LogP contribution is 2.09. The monoisotopic (exact) mass is 297 g/mol. The van der Waals surface area contributed by atoms with Crippen LogP contribution < -0.4 is 5.43 Å². The number of halogens is 1. The van der Waals surface area contributed by atoms with Gasteiger partial charge in [-0.15, -0.1) is 0 Å². The summed E-state index contributed by atoms with van der Waals surface area (Å²) in [5, 5.41) is 9.40. The third-order valence-corrected chi connectivity index (χ3v) is 2.42. The van der Waals surface area contributed by atoms with Gasteiger partial charge in [-0.25, -0.2) is 5.43 Å². The van der Waals surface area contributed by atoms with Gasteiger partial charge in [0.1, 0.15) is 0 Å². The molecule has 0 aliphatic carbocycles. The van der Waals surface area contributed by atoms with Crippen molar-refractivity contribution in [3.05, 3.63) is 39.1 Å². The summed E-state index contributed by atoms with van der Waals surface area (Å²) in [6, 6.07) is 7.80. The Morgan fingerprint density at radius 3 is 3.00 bits per heavy atom. The van der Waals surface area contributed by atoms with Crippen LogP contribution in [0.5, 0.6) is 0 Å². The number of nitrogens with one attached hydrogen (secondary N) is 3. The molecule has 2 rings (SSSR count). The Hall–Kier alpha value is -1.47. The molecule has 16 heavy (non-hydrogen) atoms. The van der Waals surface area contributed by atoms with E-state index in [4.69, 9.17) is 12.2 Å². The minimum atomic E-state index is 0.389. The van der Waals surface area contributed by atoms with Gasteiger partial charge in [-0.2, -0.15) is 10.1 Å². The molecule has 0 unspecified atom stereocenters. The summed E-state index contributed by atoms with van der Waals surface area (Å²) in [5.74, 6) is 0.483. The van der Waals surface area contributed by atoms with Crippen LogP contribution in [-0.2, 0) is 0 Å². The van der Waals surface area contributed by atoms with Crippen LogP contribution in [0.3, 0.4) is 0 Å². The Morgan fingerprint density at radius 2 is 2.31 bits per heavy atom. The van der Waals surface area contributed by atoms with Gasteiger partial charge in [0.15, 0.2) is 0 Å². The van der Waals surface area contributed by atoms with Crippen molar-refractivity contribution in [3.8, 4) is 0 Å². The Bertz CT molecular complexity index is 559. The predicted molar refractivity (Wildman–Crippen MR) is 69.1 cm³/mol. The molecular weight excluding hydrogens is 290 g/mol. The average Bonchev–Trinajstić information content (AvgIpc) is 2.64. The van der Waals surface area contributed by atoms with E-state index in [9.17, 15) is 0 Å². The quantitative estimate of drug-likeness (QED) is 0.463. The number of hydrazone groups is 1. The van der Waals surface area contributed by atoms with Crippen LogP contribution in [-0.4, -0.2) is 21.4 Å². The van der Waals surface area contributed by atoms with Gasteiger partial charge in [0, 0.05) is 4.47 Å². The molecule has 0 aliphatic rings.